The van der Waals surface area contributed by atoms with E-state index in [1.807, 2.05) is 88.1 Å². The van der Waals surface area contributed by atoms with Crippen molar-refractivity contribution in [3.8, 4) is 11.5 Å². The Hall–Kier alpha value is -3.58. The normalized spacial score (nSPS) is 10.6. The number of ether oxygens (including phenoxy) is 1. The number of aldehydes is 1. The molecular weight excluding hydrogens is 473 g/mol. The third-order valence-electron chi connectivity index (χ3n) is 4.06. The second-order valence-electron chi connectivity index (χ2n) is 6.82. The number of aromatic nitrogens is 2. The minimum atomic E-state index is -0.388. The molecule has 2 aromatic heterocycles. The Balaban J connectivity index is 0.00000106. The lowest BCUT2D eigenvalue weighted by atomic mass is 10.2. The lowest BCUT2D eigenvalue weighted by Crippen LogP contribution is -1.98. The van der Waals surface area contributed by atoms with Crippen LogP contribution >= 0.6 is 11.9 Å². The van der Waals surface area contributed by atoms with Gasteiger partial charge in [-0.15, -0.1) is 13.2 Å². The van der Waals surface area contributed by atoms with Gasteiger partial charge >= 0.3 is 0 Å². The number of nitrogens with zero attached hydrogens (tertiary/aromatic N) is 3. The number of hydrogen-bond donors (Lipinski definition) is 0. The fraction of sp³-hybridized carbons (Fsp3) is 0.241. The first-order valence-corrected chi connectivity index (χ1v) is 12.4. The first-order valence-electron chi connectivity index (χ1n) is 11.6. The third-order valence-corrected chi connectivity index (χ3v) is 5.12. The molecule has 0 saturated heterocycles. The van der Waals surface area contributed by atoms with E-state index in [2.05, 4.69) is 18.1 Å². The highest BCUT2D eigenvalue weighted by atomic mass is 32.2. The van der Waals surface area contributed by atoms with Gasteiger partial charge in [0.05, 0.1) is 5.39 Å². The van der Waals surface area contributed by atoms with Gasteiger partial charge in [0.2, 0.25) is 0 Å². The molecule has 0 spiro atoms. The Morgan fingerprint density at radius 3 is 2.33 bits per heavy atom. The van der Waals surface area contributed by atoms with Crippen LogP contribution in [0, 0.1) is 5.82 Å². The molecule has 5 nitrogen and oxygen atoms in total. The van der Waals surface area contributed by atoms with E-state index in [4.69, 9.17) is 4.74 Å². The Morgan fingerprint density at radius 1 is 1.14 bits per heavy atom. The summed E-state index contributed by atoms with van der Waals surface area (Å²) in [6.07, 6.45) is 14.0. The van der Waals surface area contributed by atoms with Gasteiger partial charge in [-0.25, -0.2) is 9.37 Å². The van der Waals surface area contributed by atoms with Gasteiger partial charge in [0.15, 0.2) is 11.9 Å². The first-order chi connectivity index (χ1) is 17.4. The molecule has 36 heavy (non-hydrogen) atoms. The van der Waals surface area contributed by atoms with E-state index in [0.717, 1.165) is 11.2 Å². The minimum Gasteiger partial charge on any atom is -0.456 e. The van der Waals surface area contributed by atoms with Crippen LogP contribution in [-0.2, 0) is 0 Å². The number of halogens is 1. The molecule has 0 aliphatic heterocycles. The zero-order valence-electron chi connectivity index (χ0n) is 22.4. The molecule has 0 aliphatic rings. The van der Waals surface area contributed by atoms with Crippen LogP contribution in [0.5, 0.6) is 11.5 Å². The Bertz CT molecular complexity index is 1150. The maximum atomic E-state index is 13.4. The Labute approximate surface area is 219 Å². The quantitative estimate of drug-likeness (QED) is 0.180. The van der Waals surface area contributed by atoms with Gasteiger partial charge in [0.25, 0.3) is 0 Å². The van der Waals surface area contributed by atoms with Gasteiger partial charge in [-0.05, 0) is 57.1 Å². The largest absolute Gasteiger partial charge is 0.456 e. The monoisotopic (exact) mass is 511 g/mol. The van der Waals surface area contributed by atoms with Crippen LogP contribution in [0.15, 0.2) is 91.3 Å². The first kappa shape index (κ1) is 32.4. The molecule has 2 heterocycles. The van der Waals surface area contributed by atoms with Crippen molar-refractivity contribution in [1.29, 1.82) is 0 Å². The molecule has 1 aromatic carbocycles. The molecule has 0 bridgehead atoms. The number of pyridine rings is 1. The Morgan fingerprint density at radius 2 is 1.83 bits per heavy atom. The van der Waals surface area contributed by atoms with E-state index in [-0.39, 0.29) is 5.82 Å². The second kappa shape index (κ2) is 18.7. The van der Waals surface area contributed by atoms with Crippen molar-refractivity contribution in [3.63, 3.8) is 0 Å². The predicted molar refractivity (Wildman–Crippen MR) is 154 cm³/mol. The van der Waals surface area contributed by atoms with Crippen molar-refractivity contribution in [3.05, 3.63) is 103 Å². The molecule has 0 amide bonds. The maximum Gasteiger partial charge on any atom is 0.154 e. The SMILES string of the molecule is C/C=C/N(C)C.C/C=C\C(=C/C)Sn1cc(C=O)c2c(Oc3cccc(F)c3)ccnc21.C=C.CC. The maximum absolute atomic E-state index is 13.4. The molecule has 3 aromatic rings. The molecule has 0 N–H and O–H groups in total. The summed E-state index contributed by atoms with van der Waals surface area (Å²) in [4.78, 5) is 19.0. The van der Waals surface area contributed by atoms with Gasteiger partial charge in [0.1, 0.15) is 17.3 Å². The number of benzene rings is 1. The molecule has 7 heteroatoms. The van der Waals surface area contributed by atoms with Crippen LogP contribution in [0.3, 0.4) is 0 Å². The number of carbonyl (C=O) groups is 1. The number of rotatable bonds is 7. The lowest BCUT2D eigenvalue weighted by Gasteiger charge is -2.08. The molecule has 0 unspecified atom stereocenters. The van der Waals surface area contributed by atoms with E-state index >= 15 is 0 Å². The number of hydrogen-bond acceptors (Lipinski definition) is 5. The van der Waals surface area contributed by atoms with E-state index in [1.54, 1.807) is 30.6 Å². The Kier molecular flexibility index (Phi) is 16.9. The van der Waals surface area contributed by atoms with E-state index in [0.29, 0.717) is 28.1 Å². The average molecular weight is 512 g/mol. The van der Waals surface area contributed by atoms with Crippen molar-refractivity contribution < 1.29 is 13.9 Å². The molecule has 3 rings (SSSR count). The predicted octanol–water partition coefficient (Wildman–Crippen LogP) is 8.67. The summed E-state index contributed by atoms with van der Waals surface area (Å²) >= 11 is 1.45. The van der Waals surface area contributed by atoms with Crippen molar-refractivity contribution in [1.82, 2.24) is 13.9 Å². The molecule has 0 atom stereocenters. The molecule has 194 valence electrons. The summed E-state index contributed by atoms with van der Waals surface area (Å²) in [5, 5.41) is 0.593. The van der Waals surface area contributed by atoms with Crippen molar-refractivity contribution >= 4 is 29.3 Å². The highest BCUT2D eigenvalue weighted by molar-refractivity contribution is 8.02. The van der Waals surface area contributed by atoms with Gasteiger partial charge in [-0.2, -0.15) is 0 Å². The zero-order chi connectivity index (χ0) is 27.5. The van der Waals surface area contributed by atoms with Gasteiger partial charge < -0.3 is 9.64 Å². The van der Waals surface area contributed by atoms with Crippen LogP contribution in [0.2, 0.25) is 0 Å². The highest BCUT2D eigenvalue weighted by Crippen LogP contribution is 2.35. The number of fused-ring (bicyclic) bond motifs is 1. The van der Waals surface area contributed by atoms with Crippen LogP contribution in [0.1, 0.15) is 45.0 Å². The fourth-order valence-electron chi connectivity index (χ4n) is 2.78. The standard InChI is InChI=1S/C20H17FN2O2S.C5H11N.C2H6.C2H4/c1-3-6-17(4-2)26-23-12-14(13-24)19-18(9-10-22-20(19)23)25-16-8-5-7-15(21)11-16;1-4-5-6(2)3;2*1-2/h3-13H,1-2H3;4-5H,1-3H3;1-2H3;1-2H2/b6-3-,17-4+;5-4+;;. The molecule has 0 aliphatic carbocycles. The van der Waals surface area contributed by atoms with Crippen molar-refractivity contribution in [2.45, 2.75) is 34.6 Å². The van der Waals surface area contributed by atoms with E-state index in [9.17, 15) is 9.18 Å². The molecule has 0 radical (unpaired) electrons. The van der Waals surface area contributed by atoms with E-state index < -0.39 is 0 Å². The van der Waals surface area contributed by atoms with Crippen molar-refractivity contribution in [2.24, 2.45) is 0 Å². The topological polar surface area (TPSA) is 47.4 Å². The smallest absolute Gasteiger partial charge is 0.154 e. The summed E-state index contributed by atoms with van der Waals surface area (Å²) < 4.78 is 21.1. The van der Waals surface area contributed by atoms with Crippen LogP contribution in [-0.4, -0.2) is 34.2 Å². The lowest BCUT2D eigenvalue weighted by molar-refractivity contribution is 0.112. The number of carbonyl (C=O) groups excluding carboxylic acids is 1. The summed E-state index contributed by atoms with van der Waals surface area (Å²) in [5.41, 5.74) is 1.07. The summed E-state index contributed by atoms with van der Waals surface area (Å²) in [6.45, 7) is 15.9. The summed E-state index contributed by atoms with van der Waals surface area (Å²) in [6, 6.07) is 7.53. The third kappa shape index (κ3) is 10.4. The average Bonchev–Trinajstić information content (AvgIpc) is 3.25. The van der Waals surface area contributed by atoms with Crippen molar-refractivity contribution in [2.75, 3.05) is 14.1 Å². The zero-order valence-corrected chi connectivity index (χ0v) is 23.2. The molecule has 0 fully saturated rings. The van der Waals surface area contributed by atoms with Gasteiger partial charge in [-0.3, -0.25) is 8.77 Å². The summed E-state index contributed by atoms with van der Waals surface area (Å²) in [7, 11) is 4.00. The summed E-state index contributed by atoms with van der Waals surface area (Å²) in [5.74, 6) is 0.425. The van der Waals surface area contributed by atoms with E-state index in [1.165, 1.54) is 24.1 Å². The van der Waals surface area contributed by atoms with Crippen LogP contribution in [0.25, 0.3) is 11.0 Å². The molecular formula is C29H38FN3O2S. The van der Waals surface area contributed by atoms with Crippen LogP contribution in [0.4, 0.5) is 4.39 Å². The second-order valence-corrected chi connectivity index (χ2v) is 7.87. The minimum absolute atomic E-state index is 0.359. The van der Waals surface area contributed by atoms with Crippen LogP contribution < -0.4 is 4.74 Å². The van der Waals surface area contributed by atoms with Gasteiger partial charge in [0, 0.05) is 43.0 Å². The fourth-order valence-corrected chi connectivity index (χ4v) is 3.70. The highest BCUT2D eigenvalue weighted by Gasteiger charge is 2.16. The van der Waals surface area contributed by atoms with Gasteiger partial charge in [-0.1, -0.05) is 44.2 Å². The number of allylic oxidation sites excluding steroid dienone is 4. The molecule has 0 saturated carbocycles.